The Balaban J connectivity index is 3.00. The van der Waals surface area contributed by atoms with Crippen LogP contribution in [0.5, 0.6) is 0 Å². The third kappa shape index (κ3) is 1.43. The van der Waals surface area contributed by atoms with Crippen LogP contribution in [0.2, 0.25) is 0 Å². The van der Waals surface area contributed by atoms with Gasteiger partial charge < -0.3 is 5.11 Å². The van der Waals surface area contributed by atoms with E-state index in [-0.39, 0.29) is 0 Å². The third-order valence-corrected chi connectivity index (χ3v) is 2.74. The highest BCUT2D eigenvalue weighted by molar-refractivity contribution is 7.09. The van der Waals surface area contributed by atoms with Crippen LogP contribution in [0.25, 0.3) is 0 Å². The maximum Gasteiger partial charge on any atom is 0.314 e. The van der Waals surface area contributed by atoms with E-state index in [2.05, 4.69) is 5.38 Å². The number of carbonyl (C=O) groups is 1. The molecule has 0 spiro atoms. The van der Waals surface area contributed by atoms with Crippen molar-refractivity contribution in [2.45, 2.75) is 19.3 Å². The van der Waals surface area contributed by atoms with Crippen LogP contribution in [0.15, 0.2) is 12.1 Å². The molecule has 3 heteroatoms. The summed E-state index contributed by atoms with van der Waals surface area (Å²) in [5, 5.41) is 11.7. The summed E-state index contributed by atoms with van der Waals surface area (Å²) >= 11 is 1.35. The van der Waals surface area contributed by atoms with E-state index >= 15 is 0 Å². The van der Waals surface area contributed by atoms with Gasteiger partial charge in [-0.15, -0.1) is 11.3 Å². The summed E-state index contributed by atoms with van der Waals surface area (Å²) in [4.78, 5) is 11.6. The molecular weight excluding hydrogens is 160 g/mol. The summed E-state index contributed by atoms with van der Waals surface area (Å²) in [6.45, 7) is 3.38. The summed E-state index contributed by atoms with van der Waals surface area (Å²) in [7, 11) is 0. The first-order valence-corrected chi connectivity index (χ1v) is 4.06. The van der Waals surface area contributed by atoms with Crippen LogP contribution >= 0.6 is 11.3 Å². The highest BCUT2D eigenvalue weighted by Crippen LogP contribution is 2.26. The second-order valence-corrected chi connectivity index (χ2v) is 3.73. The van der Waals surface area contributed by atoms with Crippen molar-refractivity contribution in [3.05, 3.63) is 22.4 Å². The van der Waals surface area contributed by atoms with Crippen LogP contribution in [0.1, 0.15) is 18.7 Å². The monoisotopic (exact) mass is 169 g/mol. The minimum absolute atomic E-state index is 0.773. The smallest absolute Gasteiger partial charge is 0.314 e. The average Bonchev–Trinajstić information content (AvgIpc) is 2.37. The summed E-state index contributed by atoms with van der Waals surface area (Å²) in [6.07, 6.45) is 0. The molecule has 1 N–H and O–H groups in total. The molecule has 0 saturated carbocycles. The van der Waals surface area contributed by atoms with Gasteiger partial charge in [-0.25, -0.2) is 0 Å². The fourth-order valence-corrected chi connectivity index (χ4v) is 1.42. The first-order valence-electron chi connectivity index (χ1n) is 3.25. The van der Waals surface area contributed by atoms with Gasteiger partial charge in [0.05, 0.1) is 5.41 Å². The molecule has 59 valence electrons. The fraction of sp³-hybridized carbons (Fsp3) is 0.375. The lowest BCUT2D eigenvalue weighted by Gasteiger charge is -2.16. The minimum atomic E-state index is -0.798. The van der Waals surface area contributed by atoms with E-state index in [1.54, 1.807) is 26.0 Å². The quantitative estimate of drug-likeness (QED) is 0.734. The van der Waals surface area contributed by atoms with Gasteiger partial charge >= 0.3 is 5.97 Å². The van der Waals surface area contributed by atoms with Crippen LogP contribution in [0.3, 0.4) is 0 Å². The average molecular weight is 169 g/mol. The lowest BCUT2D eigenvalue weighted by Crippen LogP contribution is -2.27. The normalized spacial score (nSPS) is 11.5. The van der Waals surface area contributed by atoms with Crippen LogP contribution in [0.4, 0.5) is 0 Å². The van der Waals surface area contributed by atoms with Crippen molar-refractivity contribution in [3.63, 3.8) is 0 Å². The lowest BCUT2D eigenvalue weighted by atomic mass is 9.92. The summed E-state index contributed by atoms with van der Waals surface area (Å²) in [6, 6.07) is 3.53. The molecular formula is C8H9O2S. The van der Waals surface area contributed by atoms with E-state index in [9.17, 15) is 4.79 Å². The molecule has 2 nitrogen and oxygen atoms in total. The molecule has 1 radical (unpaired) electrons. The van der Waals surface area contributed by atoms with Gasteiger partial charge in [-0.05, 0) is 26.0 Å². The van der Waals surface area contributed by atoms with Crippen LogP contribution in [0, 0.1) is 5.38 Å². The van der Waals surface area contributed by atoms with Crippen LogP contribution in [-0.2, 0) is 10.2 Å². The summed E-state index contributed by atoms with van der Waals surface area (Å²) in [5.41, 5.74) is -0.773. The van der Waals surface area contributed by atoms with Gasteiger partial charge in [0.15, 0.2) is 0 Å². The van der Waals surface area contributed by atoms with Crippen LogP contribution < -0.4 is 0 Å². The molecule has 0 amide bonds. The number of carboxylic acid groups (broad SMARTS) is 1. The first kappa shape index (κ1) is 8.27. The summed E-state index contributed by atoms with van der Waals surface area (Å²) in [5.74, 6) is -0.798. The second kappa shape index (κ2) is 2.66. The van der Waals surface area contributed by atoms with Crippen molar-refractivity contribution < 1.29 is 9.90 Å². The molecule has 0 saturated heterocycles. The fourth-order valence-electron chi connectivity index (χ4n) is 0.683. The van der Waals surface area contributed by atoms with E-state index in [1.165, 1.54) is 11.3 Å². The topological polar surface area (TPSA) is 37.3 Å². The maximum atomic E-state index is 10.7. The van der Waals surface area contributed by atoms with Gasteiger partial charge in [-0.2, -0.15) is 0 Å². The maximum absolute atomic E-state index is 10.7. The molecule has 0 atom stereocenters. The molecule has 0 aliphatic heterocycles. The van der Waals surface area contributed by atoms with E-state index in [0.29, 0.717) is 0 Å². The van der Waals surface area contributed by atoms with Gasteiger partial charge in [0, 0.05) is 10.3 Å². The Morgan fingerprint density at radius 2 is 2.36 bits per heavy atom. The van der Waals surface area contributed by atoms with Gasteiger partial charge in [0.2, 0.25) is 0 Å². The highest BCUT2D eigenvalue weighted by atomic mass is 32.1. The Bertz CT molecular complexity index is 249. The number of aliphatic carboxylic acids is 1. The standard InChI is InChI=1S/C8H9O2S/c1-8(2,7(9)10)6-4-3-5-11-6/h3-4H,1-2H3,(H,9,10). The molecule has 0 fully saturated rings. The third-order valence-electron chi connectivity index (χ3n) is 1.62. The Labute approximate surface area is 69.5 Å². The lowest BCUT2D eigenvalue weighted by molar-refractivity contribution is -0.142. The predicted molar refractivity (Wildman–Crippen MR) is 43.8 cm³/mol. The van der Waals surface area contributed by atoms with Crippen molar-refractivity contribution >= 4 is 17.3 Å². The number of carboxylic acids is 1. The molecule has 0 unspecified atom stereocenters. The second-order valence-electron chi connectivity index (χ2n) is 2.85. The van der Waals surface area contributed by atoms with Gasteiger partial charge in [-0.1, -0.05) is 0 Å². The molecule has 0 bridgehead atoms. The molecule has 1 aromatic heterocycles. The number of thiophene rings is 1. The van der Waals surface area contributed by atoms with Gasteiger partial charge in [0.1, 0.15) is 0 Å². The van der Waals surface area contributed by atoms with Crippen molar-refractivity contribution in [1.29, 1.82) is 0 Å². The molecule has 0 aromatic carbocycles. The van der Waals surface area contributed by atoms with E-state index < -0.39 is 11.4 Å². The predicted octanol–water partition coefficient (Wildman–Crippen LogP) is 1.91. The molecule has 1 aromatic rings. The zero-order chi connectivity index (χ0) is 8.48. The Hall–Kier alpha value is -0.830. The van der Waals surface area contributed by atoms with E-state index in [0.717, 1.165) is 4.88 Å². The van der Waals surface area contributed by atoms with Crippen molar-refractivity contribution in [2.24, 2.45) is 0 Å². The molecule has 11 heavy (non-hydrogen) atoms. The van der Waals surface area contributed by atoms with Gasteiger partial charge in [0.25, 0.3) is 0 Å². The highest BCUT2D eigenvalue weighted by Gasteiger charge is 2.30. The van der Waals surface area contributed by atoms with Crippen LogP contribution in [-0.4, -0.2) is 11.1 Å². The Morgan fingerprint density at radius 1 is 1.73 bits per heavy atom. The Kier molecular flexibility index (Phi) is 2.00. The minimum Gasteiger partial charge on any atom is -0.481 e. The first-order chi connectivity index (χ1) is 5.05. The zero-order valence-corrected chi connectivity index (χ0v) is 7.23. The van der Waals surface area contributed by atoms with Crippen molar-refractivity contribution in [2.75, 3.05) is 0 Å². The molecule has 0 aliphatic carbocycles. The largest absolute Gasteiger partial charge is 0.481 e. The van der Waals surface area contributed by atoms with E-state index in [4.69, 9.17) is 5.11 Å². The van der Waals surface area contributed by atoms with Gasteiger partial charge in [-0.3, -0.25) is 4.79 Å². The number of hydrogen-bond acceptors (Lipinski definition) is 2. The SMILES string of the molecule is CC(C)(C(=O)O)c1cc[c]s1. The molecule has 1 heterocycles. The zero-order valence-electron chi connectivity index (χ0n) is 6.42. The molecule has 1 rings (SSSR count). The summed E-state index contributed by atoms with van der Waals surface area (Å²) < 4.78 is 0. The number of rotatable bonds is 2. The number of hydrogen-bond donors (Lipinski definition) is 1. The van der Waals surface area contributed by atoms with E-state index in [1.807, 2.05) is 0 Å². The molecule has 0 aliphatic rings. The van der Waals surface area contributed by atoms with Crippen molar-refractivity contribution in [1.82, 2.24) is 0 Å². The van der Waals surface area contributed by atoms with Crippen molar-refractivity contribution in [3.8, 4) is 0 Å². The Morgan fingerprint density at radius 3 is 2.73 bits per heavy atom.